The summed E-state index contributed by atoms with van der Waals surface area (Å²) in [6.45, 7) is 12.4. The van der Waals surface area contributed by atoms with Gasteiger partial charge in [0.1, 0.15) is 0 Å². The Kier molecular flexibility index (Phi) is 5.33. The van der Waals surface area contributed by atoms with Gasteiger partial charge in [-0.2, -0.15) is 0 Å². The number of rotatable bonds is 4. The second-order valence-electron chi connectivity index (χ2n) is 9.00. The topological polar surface area (TPSA) is 58.2 Å². The van der Waals surface area contributed by atoms with E-state index in [2.05, 4.69) is 43.5 Å². The van der Waals surface area contributed by atoms with E-state index in [1.54, 1.807) is 0 Å². The van der Waals surface area contributed by atoms with Gasteiger partial charge in [0.05, 0.1) is 11.8 Å². The molecule has 2 aromatic carbocycles. The summed E-state index contributed by atoms with van der Waals surface area (Å²) < 4.78 is 0. The van der Waals surface area contributed by atoms with Crippen LogP contribution in [0.15, 0.2) is 36.4 Å². The van der Waals surface area contributed by atoms with Crippen molar-refractivity contribution in [3.05, 3.63) is 58.7 Å². The molecule has 2 aromatic rings. The van der Waals surface area contributed by atoms with Crippen molar-refractivity contribution in [1.82, 2.24) is 0 Å². The predicted octanol–water partition coefficient (Wildman–Crippen LogP) is 5.12. The molecule has 0 aliphatic heterocycles. The maximum atomic E-state index is 12.7. The molecule has 28 heavy (non-hydrogen) atoms. The summed E-state index contributed by atoms with van der Waals surface area (Å²) in [5, 5.41) is 6.07. The number of amides is 2. The summed E-state index contributed by atoms with van der Waals surface area (Å²) >= 11 is 0. The minimum absolute atomic E-state index is 0.0648. The van der Waals surface area contributed by atoms with Gasteiger partial charge in [-0.15, -0.1) is 0 Å². The number of hydrogen-bond acceptors (Lipinski definition) is 2. The molecule has 2 atom stereocenters. The lowest BCUT2D eigenvalue weighted by atomic mass is 9.86. The maximum Gasteiger partial charge on any atom is 0.228 e. The van der Waals surface area contributed by atoms with Gasteiger partial charge < -0.3 is 10.6 Å². The van der Waals surface area contributed by atoms with E-state index in [-0.39, 0.29) is 29.1 Å². The molecule has 2 N–H and O–H groups in total. The molecule has 0 spiro atoms. The van der Waals surface area contributed by atoms with Crippen molar-refractivity contribution in [2.75, 3.05) is 10.6 Å². The Morgan fingerprint density at radius 2 is 1.43 bits per heavy atom. The predicted molar refractivity (Wildman–Crippen MR) is 115 cm³/mol. The van der Waals surface area contributed by atoms with Gasteiger partial charge in [-0.25, -0.2) is 0 Å². The Hall–Kier alpha value is -2.62. The van der Waals surface area contributed by atoms with Gasteiger partial charge in [0.2, 0.25) is 11.8 Å². The number of benzene rings is 2. The molecule has 1 saturated carbocycles. The molecule has 4 nitrogen and oxygen atoms in total. The summed E-state index contributed by atoms with van der Waals surface area (Å²) in [5.41, 5.74) is 5.99. The SMILES string of the molecule is Cc1cc(C)c(NC(=O)C2CC2C(=O)Nc2ccccc2C(C)(C)C)c(C)c1. The highest BCUT2D eigenvalue weighted by molar-refractivity contribution is 6.04. The molecule has 0 saturated heterocycles. The number of hydrogen-bond donors (Lipinski definition) is 2. The summed E-state index contributed by atoms with van der Waals surface area (Å²) in [7, 11) is 0. The molecule has 0 radical (unpaired) electrons. The zero-order chi connectivity index (χ0) is 20.6. The fourth-order valence-electron chi connectivity index (χ4n) is 3.84. The van der Waals surface area contributed by atoms with Crippen LogP contribution in [0.4, 0.5) is 11.4 Å². The molecule has 2 unspecified atom stereocenters. The third kappa shape index (κ3) is 4.27. The van der Waals surface area contributed by atoms with Crippen molar-refractivity contribution in [2.24, 2.45) is 11.8 Å². The van der Waals surface area contributed by atoms with Crippen LogP contribution >= 0.6 is 0 Å². The minimum Gasteiger partial charge on any atom is -0.326 e. The van der Waals surface area contributed by atoms with E-state index in [1.165, 1.54) is 5.56 Å². The maximum absolute atomic E-state index is 12.7. The van der Waals surface area contributed by atoms with Gasteiger partial charge >= 0.3 is 0 Å². The number of anilines is 2. The lowest BCUT2D eigenvalue weighted by Crippen LogP contribution is -2.23. The number of carbonyl (C=O) groups is 2. The number of carbonyl (C=O) groups excluding carboxylic acids is 2. The van der Waals surface area contributed by atoms with E-state index in [0.29, 0.717) is 6.42 Å². The van der Waals surface area contributed by atoms with Crippen LogP contribution in [0.25, 0.3) is 0 Å². The third-order valence-corrected chi connectivity index (χ3v) is 5.38. The Balaban J connectivity index is 1.66. The lowest BCUT2D eigenvalue weighted by Gasteiger charge is -2.23. The Morgan fingerprint density at radius 1 is 0.893 bits per heavy atom. The van der Waals surface area contributed by atoms with Crippen LogP contribution in [-0.4, -0.2) is 11.8 Å². The monoisotopic (exact) mass is 378 g/mol. The van der Waals surface area contributed by atoms with E-state index in [4.69, 9.17) is 0 Å². The standard InChI is InChI=1S/C24H30N2O2/c1-14-11-15(2)21(16(3)12-14)26-23(28)18-13-17(18)22(27)25-20-10-8-7-9-19(20)24(4,5)6/h7-12,17-18H,13H2,1-6H3,(H,25,27)(H,26,28). The van der Waals surface area contributed by atoms with Crippen LogP contribution in [0.2, 0.25) is 0 Å². The van der Waals surface area contributed by atoms with Gasteiger partial charge in [-0.3, -0.25) is 9.59 Å². The zero-order valence-electron chi connectivity index (χ0n) is 17.6. The molecule has 0 bridgehead atoms. The molecule has 4 heteroatoms. The minimum atomic E-state index is -0.265. The van der Waals surface area contributed by atoms with Crippen molar-refractivity contribution < 1.29 is 9.59 Å². The van der Waals surface area contributed by atoms with Gasteiger partial charge in [-0.05, 0) is 55.4 Å². The lowest BCUT2D eigenvalue weighted by molar-refractivity contribution is -0.122. The van der Waals surface area contributed by atoms with Crippen LogP contribution in [-0.2, 0) is 15.0 Å². The molecule has 1 aliphatic carbocycles. The Labute approximate surface area is 167 Å². The molecule has 2 amide bonds. The molecule has 148 valence electrons. The number of aryl methyl sites for hydroxylation is 3. The molecular weight excluding hydrogens is 348 g/mol. The number of para-hydroxylation sites is 1. The molecular formula is C24H30N2O2. The second kappa shape index (κ2) is 7.42. The van der Waals surface area contributed by atoms with E-state index < -0.39 is 0 Å². The van der Waals surface area contributed by atoms with Gasteiger partial charge in [0.25, 0.3) is 0 Å². The van der Waals surface area contributed by atoms with Crippen molar-refractivity contribution in [2.45, 2.75) is 53.4 Å². The first-order valence-corrected chi connectivity index (χ1v) is 9.87. The summed E-state index contributed by atoms with van der Waals surface area (Å²) in [6.07, 6.45) is 0.597. The van der Waals surface area contributed by atoms with Crippen LogP contribution in [0.3, 0.4) is 0 Å². The van der Waals surface area contributed by atoms with Crippen molar-refractivity contribution >= 4 is 23.2 Å². The van der Waals surface area contributed by atoms with Crippen molar-refractivity contribution in [3.8, 4) is 0 Å². The van der Waals surface area contributed by atoms with E-state index in [0.717, 1.165) is 28.1 Å². The zero-order valence-corrected chi connectivity index (χ0v) is 17.6. The van der Waals surface area contributed by atoms with Crippen molar-refractivity contribution in [3.63, 3.8) is 0 Å². The first-order chi connectivity index (χ1) is 13.1. The van der Waals surface area contributed by atoms with Crippen LogP contribution in [0.1, 0.15) is 49.4 Å². The molecule has 1 aliphatic rings. The van der Waals surface area contributed by atoms with Crippen LogP contribution in [0, 0.1) is 32.6 Å². The van der Waals surface area contributed by atoms with Gasteiger partial charge in [0, 0.05) is 11.4 Å². The van der Waals surface area contributed by atoms with Crippen LogP contribution in [0.5, 0.6) is 0 Å². The highest BCUT2D eigenvalue weighted by Crippen LogP contribution is 2.41. The first-order valence-electron chi connectivity index (χ1n) is 9.87. The molecule has 1 fully saturated rings. The van der Waals surface area contributed by atoms with E-state index in [9.17, 15) is 9.59 Å². The second-order valence-corrected chi connectivity index (χ2v) is 9.00. The summed E-state index contributed by atoms with van der Waals surface area (Å²) in [6, 6.07) is 12.0. The van der Waals surface area contributed by atoms with Crippen LogP contribution < -0.4 is 10.6 Å². The summed E-state index contributed by atoms with van der Waals surface area (Å²) in [5.74, 6) is -0.672. The average Bonchev–Trinajstić information content (AvgIpc) is 3.38. The fraction of sp³-hybridized carbons (Fsp3) is 0.417. The number of nitrogens with one attached hydrogen (secondary N) is 2. The highest BCUT2D eigenvalue weighted by Gasteiger charge is 2.48. The smallest absolute Gasteiger partial charge is 0.228 e. The molecule has 0 heterocycles. The van der Waals surface area contributed by atoms with Gasteiger partial charge in [0.15, 0.2) is 0 Å². The van der Waals surface area contributed by atoms with E-state index >= 15 is 0 Å². The first kappa shape index (κ1) is 20.1. The van der Waals surface area contributed by atoms with E-state index in [1.807, 2.05) is 45.0 Å². The molecule has 0 aromatic heterocycles. The van der Waals surface area contributed by atoms with Crippen molar-refractivity contribution in [1.29, 1.82) is 0 Å². The molecule has 3 rings (SSSR count). The summed E-state index contributed by atoms with van der Waals surface area (Å²) in [4.78, 5) is 25.4. The quantitative estimate of drug-likeness (QED) is 0.775. The normalized spacial score (nSPS) is 18.5. The third-order valence-electron chi connectivity index (χ3n) is 5.38. The average molecular weight is 379 g/mol. The Bertz CT molecular complexity index is 901. The van der Waals surface area contributed by atoms with Gasteiger partial charge in [-0.1, -0.05) is 56.7 Å². The fourth-order valence-corrected chi connectivity index (χ4v) is 3.84. The highest BCUT2D eigenvalue weighted by atomic mass is 16.2. The largest absolute Gasteiger partial charge is 0.326 e. The Morgan fingerprint density at radius 3 is 2.00 bits per heavy atom.